The summed E-state index contributed by atoms with van der Waals surface area (Å²) < 4.78 is 4.78. The van der Waals surface area contributed by atoms with Crippen molar-refractivity contribution in [1.82, 2.24) is 0 Å². The van der Waals surface area contributed by atoms with E-state index >= 15 is 0 Å². The summed E-state index contributed by atoms with van der Waals surface area (Å²) in [5, 5.41) is 13.8. The van der Waals surface area contributed by atoms with Crippen molar-refractivity contribution in [2.45, 2.75) is 11.8 Å². The molecule has 0 spiro atoms. The molecule has 0 heterocycles. The number of para-hydroxylation sites is 1. The number of carbonyl (C=O) groups is 1. The highest BCUT2D eigenvalue weighted by Gasteiger charge is 2.20. The molecule has 0 fully saturated rings. The van der Waals surface area contributed by atoms with Crippen molar-refractivity contribution < 1.29 is 14.5 Å². The number of carbonyl (C=O) groups excluding carboxylic acids is 1. The van der Waals surface area contributed by atoms with Crippen molar-refractivity contribution in [2.24, 2.45) is 0 Å². The van der Waals surface area contributed by atoms with Crippen LogP contribution >= 0.6 is 11.8 Å². The van der Waals surface area contributed by atoms with E-state index in [4.69, 9.17) is 4.74 Å². The Morgan fingerprint density at radius 1 is 1.56 bits per heavy atom. The van der Waals surface area contributed by atoms with Gasteiger partial charge >= 0.3 is 11.7 Å². The molecule has 0 amide bonds. The Morgan fingerprint density at radius 2 is 2.28 bits per heavy atom. The molecule has 1 rings (SSSR count). The van der Waals surface area contributed by atoms with E-state index in [2.05, 4.69) is 5.32 Å². The van der Waals surface area contributed by atoms with Crippen LogP contribution in [0.2, 0.25) is 0 Å². The fourth-order valence-corrected chi connectivity index (χ4v) is 2.22. The molecule has 0 aliphatic rings. The van der Waals surface area contributed by atoms with Crippen molar-refractivity contribution in [3.8, 4) is 0 Å². The van der Waals surface area contributed by atoms with Gasteiger partial charge in [0.15, 0.2) is 0 Å². The predicted octanol–water partition coefficient (Wildman–Crippen LogP) is 2.29. The molecule has 6 nitrogen and oxygen atoms in total. The molecule has 18 heavy (non-hydrogen) atoms. The zero-order chi connectivity index (χ0) is 13.5. The van der Waals surface area contributed by atoms with Gasteiger partial charge in [0.2, 0.25) is 0 Å². The van der Waals surface area contributed by atoms with E-state index in [0.717, 1.165) is 11.8 Å². The van der Waals surface area contributed by atoms with Crippen LogP contribution in [0.3, 0.4) is 0 Å². The predicted molar refractivity (Wildman–Crippen MR) is 70.0 cm³/mol. The van der Waals surface area contributed by atoms with E-state index in [1.54, 1.807) is 32.2 Å². The number of rotatable bonds is 6. The number of nitro groups is 1. The Kier molecular flexibility index (Phi) is 5.44. The highest BCUT2D eigenvalue weighted by Crippen LogP contribution is 2.35. The maximum atomic E-state index is 11.2. The van der Waals surface area contributed by atoms with Gasteiger partial charge < -0.3 is 10.1 Å². The zero-order valence-electron chi connectivity index (χ0n) is 10.1. The van der Waals surface area contributed by atoms with E-state index in [9.17, 15) is 14.9 Å². The van der Waals surface area contributed by atoms with Crippen molar-refractivity contribution in [2.75, 3.05) is 24.7 Å². The molecule has 1 N–H and O–H groups in total. The van der Waals surface area contributed by atoms with Crippen LogP contribution < -0.4 is 5.32 Å². The van der Waals surface area contributed by atoms with Crippen LogP contribution in [0.25, 0.3) is 0 Å². The fraction of sp³-hybridized carbons (Fsp3) is 0.364. The van der Waals surface area contributed by atoms with Crippen molar-refractivity contribution in [1.29, 1.82) is 0 Å². The molecule has 1 aromatic carbocycles. The van der Waals surface area contributed by atoms with Crippen molar-refractivity contribution in [3.63, 3.8) is 0 Å². The molecular formula is C11H14N2O4S. The second-order valence-electron chi connectivity index (χ2n) is 3.25. The summed E-state index contributed by atoms with van der Waals surface area (Å²) in [5.74, 6) is -0.325. The summed E-state index contributed by atoms with van der Waals surface area (Å²) in [6.45, 7) is 2.02. The molecule has 0 saturated carbocycles. The summed E-state index contributed by atoms with van der Waals surface area (Å²) >= 11 is 1.10. The molecule has 98 valence electrons. The third-order valence-electron chi connectivity index (χ3n) is 2.10. The van der Waals surface area contributed by atoms with Crippen molar-refractivity contribution in [3.05, 3.63) is 28.3 Å². The first-order valence-electron chi connectivity index (χ1n) is 5.33. The third-order valence-corrected chi connectivity index (χ3v) is 3.12. The summed E-state index contributed by atoms with van der Waals surface area (Å²) in [6, 6.07) is 4.93. The first-order chi connectivity index (χ1) is 8.60. The van der Waals surface area contributed by atoms with E-state index in [1.165, 1.54) is 0 Å². The Labute approximate surface area is 109 Å². The van der Waals surface area contributed by atoms with Gasteiger partial charge in [-0.2, -0.15) is 0 Å². The lowest BCUT2D eigenvalue weighted by molar-refractivity contribution is -0.386. The number of hydrogen-bond donors (Lipinski definition) is 1. The smallest absolute Gasteiger partial charge is 0.316 e. The van der Waals surface area contributed by atoms with Crippen LogP contribution in [-0.4, -0.2) is 30.3 Å². The Hall–Kier alpha value is -1.76. The van der Waals surface area contributed by atoms with Crippen LogP contribution in [0.1, 0.15) is 6.92 Å². The number of nitro benzene ring substituents is 1. The lowest BCUT2D eigenvalue weighted by atomic mass is 10.3. The van der Waals surface area contributed by atoms with Gasteiger partial charge in [0.1, 0.15) is 5.69 Å². The van der Waals surface area contributed by atoms with E-state index in [1.807, 2.05) is 0 Å². The van der Waals surface area contributed by atoms with Gasteiger partial charge in [0, 0.05) is 7.05 Å². The van der Waals surface area contributed by atoms with E-state index in [0.29, 0.717) is 17.2 Å². The van der Waals surface area contributed by atoms with Crippen LogP contribution in [0, 0.1) is 10.1 Å². The minimum absolute atomic E-state index is 0.0192. The second kappa shape index (κ2) is 6.85. The normalized spacial score (nSPS) is 9.89. The highest BCUT2D eigenvalue weighted by molar-refractivity contribution is 8.00. The van der Waals surface area contributed by atoms with Gasteiger partial charge in [-0.05, 0) is 19.1 Å². The minimum Gasteiger partial charge on any atom is -0.465 e. The third kappa shape index (κ3) is 3.63. The molecule has 0 aliphatic carbocycles. The number of hydrogen-bond acceptors (Lipinski definition) is 6. The highest BCUT2D eigenvalue weighted by atomic mass is 32.2. The summed E-state index contributed by atoms with van der Waals surface area (Å²) in [6.07, 6.45) is 0. The molecule has 0 radical (unpaired) electrons. The van der Waals surface area contributed by atoms with Gasteiger partial charge in [-0.1, -0.05) is 6.07 Å². The molecule has 0 saturated heterocycles. The van der Waals surface area contributed by atoms with E-state index in [-0.39, 0.29) is 17.4 Å². The van der Waals surface area contributed by atoms with Crippen LogP contribution in [-0.2, 0) is 9.53 Å². The molecule has 1 aromatic rings. The number of nitrogens with one attached hydrogen (secondary N) is 1. The Morgan fingerprint density at radius 3 is 2.83 bits per heavy atom. The standard InChI is InChI=1S/C11H14N2O4S/c1-3-17-10(14)7-18-9-6-4-5-8(12-2)11(9)13(15)16/h4-6,12H,3,7H2,1-2H3. The molecule has 0 aromatic heterocycles. The SMILES string of the molecule is CCOC(=O)CSc1cccc(NC)c1[N+](=O)[O-]. The average Bonchev–Trinajstić information content (AvgIpc) is 2.35. The van der Waals surface area contributed by atoms with Gasteiger partial charge in [-0.3, -0.25) is 14.9 Å². The van der Waals surface area contributed by atoms with Gasteiger partial charge in [0.05, 0.1) is 22.2 Å². The number of benzene rings is 1. The fourth-order valence-electron chi connectivity index (χ4n) is 1.37. The summed E-state index contributed by atoms with van der Waals surface area (Å²) in [7, 11) is 1.61. The number of ether oxygens (including phenoxy) is 1. The number of thioether (sulfide) groups is 1. The van der Waals surface area contributed by atoms with Crippen LogP contribution in [0.15, 0.2) is 23.1 Å². The lowest BCUT2D eigenvalue weighted by Gasteiger charge is -2.06. The average molecular weight is 270 g/mol. The van der Waals surface area contributed by atoms with Gasteiger partial charge in [-0.25, -0.2) is 0 Å². The number of esters is 1. The minimum atomic E-state index is -0.459. The quantitative estimate of drug-likeness (QED) is 0.369. The number of nitrogens with zero attached hydrogens (tertiary/aromatic N) is 1. The Balaban J connectivity index is 2.88. The van der Waals surface area contributed by atoms with E-state index < -0.39 is 4.92 Å². The monoisotopic (exact) mass is 270 g/mol. The molecule has 0 unspecified atom stereocenters. The molecular weight excluding hydrogens is 256 g/mol. The maximum absolute atomic E-state index is 11.2. The molecule has 7 heteroatoms. The lowest BCUT2D eigenvalue weighted by Crippen LogP contribution is -2.07. The number of anilines is 1. The Bertz CT molecular complexity index is 451. The van der Waals surface area contributed by atoms with Crippen LogP contribution in [0.4, 0.5) is 11.4 Å². The summed E-state index contributed by atoms with van der Waals surface area (Å²) in [4.78, 5) is 22.2. The summed E-state index contributed by atoms with van der Waals surface area (Å²) in [5.41, 5.74) is 0.406. The molecule has 0 atom stereocenters. The van der Waals surface area contributed by atoms with Gasteiger partial charge in [-0.15, -0.1) is 11.8 Å². The molecule has 0 bridgehead atoms. The maximum Gasteiger partial charge on any atom is 0.316 e. The van der Waals surface area contributed by atoms with Crippen LogP contribution in [0.5, 0.6) is 0 Å². The first kappa shape index (κ1) is 14.3. The second-order valence-corrected chi connectivity index (χ2v) is 4.27. The molecule has 0 aliphatic heterocycles. The topological polar surface area (TPSA) is 81.5 Å². The first-order valence-corrected chi connectivity index (χ1v) is 6.32. The van der Waals surface area contributed by atoms with Gasteiger partial charge in [0.25, 0.3) is 0 Å². The zero-order valence-corrected chi connectivity index (χ0v) is 11.0. The largest absolute Gasteiger partial charge is 0.465 e. The van der Waals surface area contributed by atoms with Crippen molar-refractivity contribution >= 4 is 29.1 Å².